The largest absolute Gasteiger partial charge is 0.309 e. The first-order valence-electron chi connectivity index (χ1n) is 7.71. The molecule has 1 aromatic heterocycles. The van der Waals surface area contributed by atoms with Gasteiger partial charge in [-0.25, -0.2) is 0 Å². The van der Waals surface area contributed by atoms with E-state index >= 15 is 0 Å². The minimum atomic E-state index is 0.220. The van der Waals surface area contributed by atoms with Gasteiger partial charge in [-0.05, 0) is 62.1 Å². The molecule has 0 bridgehead atoms. The lowest BCUT2D eigenvalue weighted by molar-refractivity contribution is 0.643. The molecule has 0 fully saturated rings. The van der Waals surface area contributed by atoms with E-state index in [0.717, 1.165) is 17.8 Å². The van der Waals surface area contributed by atoms with Crippen LogP contribution in [0, 0.1) is 19.8 Å². The van der Waals surface area contributed by atoms with Crippen LogP contribution in [0.2, 0.25) is 0 Å². The van der Waals surface area contributed by atoms with E-state index in [1.807, 2.05) is 7.05 Å². The Morgan fingerprint density at radius 2 is 1.67 bits per heavy atom. The molecule has 2 heteroatoms. The predicted molar refractivity (Wildman–Crippen MR) is 89.6 cm³/mol. The van der Waals surface area contributed by atoms with Crippen LogP contribution in [0.4, 0.5) is 0 Å². The van der Waals surface area contributed by atoms with Crippen LogP contribution in [0.5, 0.6) is 0 Å². The number of aromatic nitrogens is 1. The quantitative estimate of drug-likeness (QED) is 0.888. The minimum absolute atomic E-state index is 0.220. The van der Waals surface area contributed by atoms with Gasteiger partial charge in [-0.2, -0.15) is 0 Å². The fraction of sp³-hybridized carbons (Fsp3) is 0.421. The molecule has 0 spiro atoms. The monoisotopic (exact) mass is 282 g/mol. The van der Waals surface area contributed by atoms with Crippen molar-refractivity contribution in [2.24, 2.45) is 5.92 Å². The zero-order valence-corrected chi connectivity index (χ0v) is 13.8. The molecule has 1 atom stereocenters. The van der Waals surface area contributed by atoms with E-state index in [0.29, 0.717) is 5.92 Å². The van der Waals surface area contributed by atoms with Crippen molar-refractivity contribution >= 4 is 0 Å². The third kappa shape index (κ3) is 4.15. The molecule has 2 rings (SSSR count). The summed E-state index contributed by atoms with van der Waals surface area (Å²) >= 11 is 0. The van der Waals surface area contributed by atoms with Crippen molar-refractivity contribution in [3.05, 3.63) is 64.5 Å². The second kappa shape index (κ2) is 6.86. The zero-order valence-electron chi connectivity index (χ0n) is 13.8. The lowest BCUT2D eigenvalue weighted by Crippen LogP contribution is -2.18. The van der Waals surface area contributed by atoms with Crippen molar-refractivity contribution in [1.29, 1.82) is 0 Å². The Morgan fingerprint density at radius 1 is 1.00 bits per heavy atom. The first kappa shape index (κ1) is 15.7. The Kier molecular flexibility index (Phi) is 5.13. The van der Waals surface area contributed by atoms with Gasteiger partial charge in [0.1, 0.15) is 0 Å². The average Bonchev–Trinajstić information content (AvgIpc) is 2.38. The molecule has 0 radical (unpaired) electrons. The third-order valence-electron chi connectivity index (χ3n) is 3.65. The predicted octanol–water partition coefficient (Wildman–Crippen LogP) is 4.21. The van der Waals surface area contributed by atoms with E-state index in [9.17, 15) is 0 Å². The van der Waals surface area contributed by atoms with Gasteiger partial charge in [0.15, 0.2) is 0 Å². The van der Waals surface area contributed by atoms with Crippen molar-refractivity contribution in [3.63, 3.8) is 0 Å². The van der Waals surface area contributed by atoms with Crippen molar-refractivity contribution in [1.82, 2.24) is 10.3 Å². The molecule has 1 aromatic carbocycles. The summed E-state index contributed by atoms with van der Waals surface area (Å²) in [7, 11) is 2.02. The fourth-order valence-electron chi connectivity index (χ4n) is 2.93. The molecular formula is C19H26N2. The third-order valence-corrected chi connectivity index (χ3v) is 3.65. The highest BCUT2D eigenvalue weighted by atomic mass is 14.9. The molecule has 0 amide bonds. The molecule has 1 unspecified atom stereocenters. The number of hydrogen-bond acceptors (Lipinski definition) is 2. The summed E-state index contributed by atoms with van der Waals surface area (Å²) in [5.41, 5.74) is 6.15. The molecule has 0 aliphatic rings. The van der Waals surface area contributed by atoms with Crippen molar-refractivity contribution in [2.75, 3.05) is 7.05 Å². The summed E-state index contributed by atoms with van der Waals surface area (Å²) in [4.78, 5) is 4.47. The van der Waals surface area contributed by atoms with Crippen LogP contribution >= 0.6 is 0 Å². The summed E-state index contributed by atoms with van der Waals surface area (Å²) in [5.74, 6) is 0.679. The van der Waals surface area contributed by atoms with Gasteiger partial charge < -0.3 is 5.32 Å². The normalized spacial score (nSPS) is 12.7. The second-order valence-corrected chi connectivity index (χ2v) is 6.25. The Morgan fingerprint density at radius 3 is 2.24 bits per heavy atom. The van der Waals surface area contributed by atoms with Gasteiger partial charge in [0.2, 0.25) is 0 Å². The Labute approximate surface area is 128 Å². The standard InChI is InChI=1S/C19H26N2/c1-13(2)9-16-7-6-8-17(12-16)19(20-5)18-10-14(3)21-15(4)11-18/h6-8,10-13,19-20H,9H2,1-5H3. The van der Waals surface area contributed by atoms with Gasteiger partial charge in [-0.1, -0.05) is 38.1 Å². The summed E-state index contributed by atoms with van der Waals surface area (Å²) < 4.78 is 0. The highest BCUT2D eigenvalue weighted by molar-refractivity contribution is 5.35. The maximum Gasteiger partial charge on any atom is 0.0575 e. The molecule has 2 nitrogen and oxygen atoms in total. The summed E-state index contributed by atoms with van der Waals surface area (Å²) in [5, 5.41) is 3.44. The van der Waals surface area contributed by atoms with Gasteiger partial charge in [0.05, 0.1) is 6.04 Å². The Balaban J connectivity index is 2.36. The first-order chi connectivity index (χ1) is 9.99. The minimum Gasteiger partial charge on any atom is -0.309 e. The molecule has 0 saturated carbocycles. The van der Waals surface area contributed by atoms with Crippen molar-refractivity contribution in [2.45, 2.75) is 40.2 Å². The number of nitrogens with zero attached hydrogens (tertiary/aromatic N) is 1. The van der Waals surface area contributed by atoms with E-state index in [-0.39, 0.29) is 6.04 Å². The van der Waals surface area contributed by atoms with Gasteiger partial charge in [-0.15, -0.1) is 0 Å². The molecule has 2 aromatic rings. The topological polar surface area (TPSA) is 24.9 Å². The number of pyridine rings is 1. The van der Waals surface area contributed by atoms with E-state index in [1.165, 1.54) is 16.7 Å². The van der Waals surface area contributed by atoms with Gasteiger partial charge in [-0.3, -0.25) is 4.98 Å². The van der Waals surface area contributed by atoms with Gasteiger partial charge >= 0.3 is 0 Å². The lowest BCUT2D eigenvalue weighted by Gasteiger charge is -2.19. The second-order valence-electron chi connectivity index (χ2n) is 6.25. The zero-order chi connectivity index (χ0) is 15.4. The number of benzene rings is 1. The van der Waals surface area contributed by atoms with E-state index in [1.54, 1.807) is 0 Å². The highest BCUT2D eigenvalue weighted by Crippen LogP contribution is 2.24. The van der Waals surface area contributed by atoms with Crippen LogP contribution in [-0.2, 0) is 6.42 Å². The first-order valence-corrected chi connectivity index (χ1v) is 7.71. The summed E-state index contributed by atoms with van der Waals surface area (Å²) in [6.07, 6.45) is 1.12. The van der Waals surface area contributed by atoms with E-state index < -0.39 is 0 Å². The number of rotatable bonds is 5. The average molecular weight is 282 g/mol. The Bertz CT molecular complexity index is 582. The molecule has 21 heavy (non-hydrogen) atoms. The maximum absolute atomic E-state index is 4.47. The lowest BCUT2D eigenvalue weighted by atomic mass is 9.94. The molecular weight excluding hydrogens is 256 g/mol. The Hall–Kier alpha value is -1.67. The molecule has 1 N–H and O–H groups in total. The highest BCUT2D eigenvalue weighted by Gasteiger charge is 2.13. The molecule has 1 heterocycles. The van der Waals surface area contributed by atoms with Crippen molar-refractivity contribution < 1.29 is 0 Å². The molecule has 0 aliphatic heterocycles. The number of nitrogens with one attached hydrogen (secondary N) is 1. The molecule has 112 valence electrons. The SMILES string of the molecule is CNC(c1cccc(CC(C)C)c1)c1cc(C)nc(C)c1. The maximum atomic E-state index is 4.47. The van der Waals surface area contributed by atoms with E-state index in [2.05, 4.69) is 74.4 Å². The summed E-state index contributed by atoms with van der Waals surface area (Å²) in [6, 6.07) is 13.5. The van der Waals surface area contributed by atoms with Gasteiger partial charge in [0, 0.05) is 11.4 Å². The van der Waals surface area contributed by atoms with Crippen LogP contribution in [-0.4, -0.2) is 12.0 Å². The van der Waals surface area contributed by atoms with Crippen LogP contribution in [0.3, 0.4) is 0 Å². The smallest absolute Gasteiger partial charge is 0.0575 e. The van der Waals surface area contributed by atoms with Crippen molar-refractivity contribution in [3.8, 4) is 0 Å². The molecule has 0 aliphatic carbocycles. The van der Waals surface area contributed by atoms with Crippen LogP contribution in [0.1, 0.15) is 48.0 Å². The van der Waals surface area contributed by atoms with Gasteiger partial charge in [0.25, 0.3) is 0 Å². The summed E-state index contributed by atoms with van der Waals surface area (Å²) in [6.45, 7) is 8.63. The number of aryl methyl sites for hydroxylation is 2. The van der Waals surface area contributed by atoms with E-state index in [4.69, 9.17) is 0 Å². The fourth-order valence-corrected chi connectivity index (χ4v) is 2.93. The van der Waals surface area contributed by atoms with Crippen LogP contribution in [0.25, 0.3) is 0 Å². The van der Waals surface area contributed by atoms with Crippen LogP contribution < -0.4 is 5.32 Å². The number of hydrogen-bond donors (Lipinski definition) is 1. The van der Waals surface area contributed by atoms with Crippen LogP contribution in [0.15, 0.2) is 36.4 Å². The molecule has 0 saturated heterocycles.